The second-order valence-corrected chi connectivity index (χ2v) is 5.53. The van der Waals surface area contributed by atoms with E-state index < -0.39 is 0 Å². The number of carbonyl (C=O) groups excluding carboxylic acids is 1. The molecular weight excluding hydrogens is 224 g/mol. The summed E-state index contributed by atoms with van der Waals surface area (Å²) in [4.78, 5) is 9.60. The molecule has 18 heavy (non-hydrogen) atoms. The van der Waals surface area contributed by atoms with Crippen LogP contribution in [0.25, 0.3) is 0 Å². The maximum atomic E-state index is 9.60. The molecule has 0 heterocycles. The van der Waals surface area contributed by atoms with Crippen molar-refractivity contribution in [3.63, 3.8) is 0 Å². The normalized spacial score (nSPS) is 12.1. The first-order valence-electron chi connectivity index (χ1n) is 6.54. The Morgan fingerprint density at radius 3 is 2.11 bits per heavy atom. The van der Waals surface area contributed by atoms with Gasteiger partial charge < -0.3 is 4.74 Å². The van der Waals surface area contributed by atoms with E-state index in [0.717, 1.165) is 5.92 Å². The predicted molar refractivity (Wildman–Crippen MR) is 76.5 cm³/mol. The minimum Gasteiger partial charge on any atom is -0.462 e. The quantitative estimate of drug-likeness (QED) is 0.747. The van der Waals surface area contributed by atoms with E-state index in [1.807, 2.05) is 20.8 Å². The van der Waals surface area contributed by atoms with Crippen LogP contribution in [-0.2, 0) is 16.0 Å². The molecule has 1 rings (SSSR count). The van der Waals surface area contributed by atoms with Gasteiger partial charge in [0.25, 0.3) is 6.47 Å². The number of ether oxygens (including phenoxy) is 1. The Morgan fingerprint density at radius 2 is 1.78 bits per heavy atom. The van der Waals surface area contributed by atoms with Gasteiger partial charge in [0.1, 0.15) is 5.60 Å². The molecule has 0 aromatic heterocycles. The molecule has 0 fully saturated rings. The third-order valence-corrected chi connectivity index (χ3v) is 2.53. The fourth-order valence-corrected chi connectivity index (χ4v) is 1.31. The molecule has 102 valence electrons. The summed E-state index contributed by atoms with van der Waals surface area (Å²) in [7, 11) is 0. The average Bonchev–Trinajstić information content (AvgIpc) is 2.29. The highest BCUT2D eigenvalue weighted by molar-refractivity contribution is 5.37. The van der Waals surface area contributed by atoms with E-state index in [-0.39, 0.29) is 5.60 Å². The Hall–Kier alpha value is -1.31. The first kappa shape index (κ1) is 16.7. The summed E-state index contributed by atoms with van der Waals surface area (Å²) < 4.78 is 4.55. The van der Waals surface area contributed by atoms with Crippen molar-refractivity contribution in [2.75, 3.05) is 0 Å². The highest BCUT2D eigenvalue weighted by Gasteiger charge is 2.07. The Morgan fingerprint density at radius 1 is 1.22 bits per heavy atom. The van der Waals surface area contributed by atoms with E-state index in [1.54, 1.807) is 0 Å². The summed E-state index contributed by atoms with van der Waals surface area (Å²) in [5.74, 6) is 0.817. The van der Waals surface area contributed by atoms with Gasteiger partial charge in [-0.1, -0.05) is 50.6 Å². The molecule has 2 nitrogen and oxygen atoms in total. The predicted octanol–water partition coefficient (Wildman–Crippen LogP) is 4.23. The Balaban J connectivity index is 0.000000360. The smallest absolute Gasteiger partial charge is 0.293 e. The van der Waals surface area contributed by atoms with Crippen LogP contribution in [0.4, 0.5) is 0 Å². The van der Waals surface area contributed by atoms with E-state index in [4.69, 9.17) is 0 Å². The second kappa shape index (κ2) is 8.73. The van der Waals surface area contributed by atoms with Crippen molar-refractivity contribution in [3.05, 3.63) is 35.9 Å². The first-order chi connectivity index (χ1) is 8.39. The van der Waals surface area contributed by atoms with E-state index in [0.29, 0.717) is 6.47 Å². The molecule has 2 heteroatoms. The van der Waals surface area contributed by atoms with Crippen molar-refractivity contribution in [3.8, 4) is 0 Å². The van der Waals surface area contributed by atoms with Gasteiger partial charge in [-0.15, -0.1) is 0 Å². The largest absolute Gasteiger partial charge is 0.462 e. The van der Waals surface area contributed by atoms with Gasteiger partial charge in [0.05, 0.1) is 0 Å². The third kappa shape index (κ3) is 9.88. The van der Waals surface area contributed by atoms with Crippen LogP contribution in [-0.4, -0.2) is 12.1 Å². The third-order valence-electron chi connectivity index (χ3n) is 2.53. The number of hydrogen-bond acceptors (Lipinski definition) is 2. The van der Waals surface area contributed by atoms with Crippen LogP contribution in [0.2, 0.25) is 0 Å². The fourth-order valence-electron chi connectivity index (χ4n) is 1.31. The molecule has 0 spiro atoms. The standard InChI is InChI=1S/C11H16.C5H10O2/c1-3-10(2)9-11-7-5-4-6-8-11;1-5(2,3)7-4-6/h4-8,10H,3,9H2,1-2H3;4H,1-3H3. The maximum Gasteiger partial charge on any atom is 0.293 e. The number of hydrogen-bond donors (Lipinski definition) is 0. The average molecular weight is 250 g/mol. The van der Waals surface area contributed by atoms with Crippen LogP contribution in [0.3, 0.4) is 0 Å². The van der Waals surface area contributed by atoms with Gasteiger partial charge in [-0.2, -0.15) is 0 Å². The maximum absolute atomic E-state index is 9.60. The number of benzene rings is 1. The summed E-state index contributed by atoms with van der Waals surface area (Å²) in [6, 6.07) is 10.7. The Kier molecular flexibility index (Phi) is 8.10. The minimum absolute atomic E-state index is 0.318. The first-order valence-corrected chi connectivity index (χ1v) is 6.54. The molecule has 0 aliphatic rings. The summed E-state index contributed by atoms with van der Waals surface area (Å²) in [6.07, 6.45) is 2.49. The van der Waals surface area contributed by atoms with Crippen molar-refractivity contribution in [1.82, 2.24) is 0 Å². The number of carbonyl (C=O) groups is 1. The van der Waals surface area contributed by atoms with Gasteiger partial charge in [-0.3, -0.25) is 4.79 Å². The molecule has 1 atom stereocenters. The molecule has 0 saturated carbocycles. The molecule has 1 aromatic carbocycles. The zero-order chi connectivity index (χ0) is 14.0. The van der Waals surface area contributed by atoms with E-state index >= 15 is 0 Å². The van der Waals surface area contributed by atoms with Crippen LogP contribution in [0.1, 0.15) is 46.6 Å². The number of rotatable bonds is 4. The van der Waals surface area contributed by atoms with Crippen LogP contribution >= 0.6 is 0 Å². The van der Waals surface area contributed by atoms with Gasteiger partial charge >= 0.3 is 0 Å². The lowest BCUT2D eigenvalue weighted by atomic mass is 9.99. The molecule has 0 aliphatic carbocycles. The van der Waals surface area contributed by atoms with Gasteiger partial charge in [0.15, 0.2) is 0 Å². The Labute approximate surface area is 111 Å². The molecule has 0 amide bonds. The lowest BCUT2D eigenvalue weighted by molar-refractivity contribution is -0.138. The van der Waals surface area contributed by atoms with E-state index in [2.05, 4.69) is 48.9 Å². The van der Waals surface area contributed by atoms with Crippen molar-refractivity contribution >= 4 is 6.47 Å². The van der Waals surface area contributed by atoms with Crippen LogP contribution in [0.15, 0.2) is 30.3 Å². The summed E-state index contributed by atoms with van der Waals surface area (Å²) in [5.41, 5.74) is 1.14. The zero-order valence-electron chi connectivity index (χ0n) is 12.3. The van der Waals surface area contributed by atoms with Crippen LogP contribution in [0.5, 0.6) is 0 Å². The van der Waals surface area contributed by atoms with Crippen LogP contribution < -0.4 is 0 Å². The van der Waals surface area contributed by atoms with Crippen molar-refractivity contribution < 1.29 is 9.53 Å². The molecule has 1 unspecified atom stereocenters. The second-order valence-electron chi connectivity index (χ2n) is 5.53. The van der Waals surface area contributed by atoms with Crippen molar-refractivity contribution in [2.24, 2.45) is 5.92 Å². The van der Waals surface area contributed by atoms with Crippen LogP contribution in [0, 0.1) is 5.92 Å². The van der Waals surface area contributed by atoms with Gasteiger partial charge in [-0.25, -0.2) is 0 Å². The molecule has 0 radical (unpaired) electrons. The molecule has 0 saturated heterocycles. The highest BCUT2D eigenvalue weighted by atomic mass is 16.5. The monoisotopic (exact) mass is 250 g/mol. The lowest BCUT2D eigenvalue weighted by Crippen LogP contribution is -2.17. The van der Waals surface area contributed by atoms with Crippen molar-refractivity contribution in [2.45, 2.75) is 53.1 Å². The summed E-state index contributed by atoms with van der Waals surface area (Å²) in [6.45, 7) is 10.5. The molecule has 0 aliphatic heterocycles. The highest BCUT2D eigenvalue weighted by Crippen LogP contribution is 2.10. The van der Waals surface area contributed by atoms with Gasteiger partial charge in [0, 0.05) is 0 Å². The fraction of sp³-hybridized carbons (Fsp3) is 0.562. The van der Waals surface area contributed by atoms with Crippen molar-refractivity contribution in [1.29, 1.82) is 0 Å². The molecule has 1 aromatic rings. The summed E-state index contributed by atoms with van der Waals surface area (Å²) >= 11 is 0. The SMILES string of the molecule is CC(C)(C)OC=O.CCC(C)Cc1ccccc1. The van der Waals surface area contributed by atoms with E-state index in [9.17, 15) is 4.79 Å². The van der Waals surface area contributed by atoms with E-state index in [1.165, 1.54) is 18.4 Å². The van der Waals surface area contributed by atoms with Gasteiger partial charge in [-0.05, 0) is 38.7 Å². The Bertz CT molecular complexity index is 312. The minimum atomic E-state index is -0.318. The zero-order valence-corrected chi connectivity index (χ0v) is 12.3. The topological polar surface area (TPSA) is 26.3 Å². The molecule has 0 N–H and O–H groups in total. The molecule has 0 bridgehead atoms. The lowest BCUT2D eigenvalue weighted by Gasteiger charge is -2.14. The van der Waals surface area contributed by atoms with Gasteiger partial charge in [0.2, 0.25) is 0 Å². The summed E-state index contributed by atoms with van der Waals surface area (Å²) in [5, 5.41) is 0. The molecular formula is C16H26O2.